The number of amides is 4. The molecule has 36 heavy (non-hydrogen) atoms. The fraction of sp³-hybridized carbons (Fsp3) is 0.250. The maximum Gasteiger partial charge on any atom is 0.325 e. The Morgan fingerprint density at radius 2 is 1.75 bits per heavy atom. The third-order valence-corrected chi connectivity index (χ3v) is 6.64. The number of anilines is 1. The Morgan fingerprint density at radius 1 is 1.00 bits per heavy atom. The van der Waals surface area contributed by atoms with E-state index in [1.807, 2.05) is 42.5 Å². The summed E-state index contributed by atoms with van der Waals surface area (Å²) in [6.07, 6.45) is 0.342. The van der Waals surface area contributed by atoms with Crippen LogP contribution in [0, 0.1) is 0 Å². The van der Waals surface area contributed by atoms with Gasteiger partial charge >= 0.3 is 6.03 Å². The average Bonchev–Trinajstić information content (AvgIpc) is 3.36. The van der Waals surface area contributed by atoms with Gasteiger partial charge in [-0.2, -0.15) is 0 Å². The molecule has 1 atom stereocenters. The quantitative estimate of drug-likeness (QED) is 0.356. The van der Waals surface area contributed by atoms with Crippen molar-refractivity contribution in [3.63, 3.8) is 0 Å². The summed E-state index contributed by atoms with van der Waals surface area (Å²) in [7, 11) is 1.58. The normalized spacial score (nSPS) is 15.5. The summed E-state index contributed by atoms with van der Waals surface area (Å²) in [5, 5.41) is 7.86. The van der Waals surface area contributed by atoms with Crippen molar-refractivity contribution in [3.05, 3.63) is 72.3 Å². The number of benzene rings is 3. The third-order valence-electron chi connectivity index (χ3n) is 6.64. The molecule has 2 N–H and O–H groups in total. The number of nitrogens with one attached hydrogen (secondary N) is 2. The van der Waals surface area contributed by atoms with Crippen molar-refractivity contribution in [1.29, 1.82) is 0 Å². The van der Waals surface area contributed by atoms with E-state index in [1.165, 1.54) is 4.90 Å². The SMILES string of the molecule is CCn1c2ccccc2c2cc(NC(=O)CCC3NC(=O)N(Cc4ccc(OC)cc4)C3=O)ccc21. The third kappa shape index (κ3) is 4.37. The molecule has 1 aliphatic rings. The summed E-state index contributed by atoms with van der Waals surface area (Å²) in [6.45, 7) is 3.14. The number of ether oxygens (including phenoxy) is 1. The number of para-hydroxylation sites is 1. The number of hydrogen-bond donors (Lipinski definition) is 2. The minimum Gasteiger partial charge on any atom is -0.497 e. The van der Waals surface area contributed by atoms with Crippen LogP contribution in [-0.4, -0.2) is 40.5 Å². The summed E-state index contributed by atoms with van der Waals surface area (Å²) in [6, 6.07) is 20.2. The Hall–Kier alpha value is -4.33. The van der Waals surface area contributed by atoms with Crippen molar-refractivity contribution in [1.82, 2.24) is 14.8 Å². The molecule has 2 heterocycles. The molecular formula is C28H28N4O4. The van der Waals surface area contributed by atoms with Crippen LogP contribution in [-0.2, 0) is 22.7 Å². The zero-order valence-electron chi connectivity index (χ0n) is 20.3. The molecule has 1 unspecified atom stereocenters. The molecule has 1 aromatic heterocycles. The van der Waals surface area contributed by atoms with Crippen LogP contribution < -0.4 is 15.4 Å². The number of urea groups is 1. The molecular weight excluding hydrogens is 456 g/mol. The zero-order chi connectivity index (χ0) is 25.2. The molecule has 0 aliphatic carbocycles. The van der Waals surface area contributed by atoms with Crippen molar-refractivity contribution < 1.29 is 19.1 Å². The van der Waals surface area contributed by atoms with E-state index in [2.05, 4.69) is 34.3 Å². The van der Waals surface area contributed by atoms with Crippen LogP contribution in [0.4, 0.5) is 10.5 Å². The Morgan fingerprint density at radius 3 is 2.50 bits per heavy atom. The van der Waals surface area contributed by atoms with Crippen molar-refractivity contribution >= 4 is 45.3 Å². The van der Waals surface area contributed by atoms with E-state index in [9.17, 15) is 14.4 Å². The van der Waals surface area contributed by atoms with E-state index in [1.54, 1.807) is 19.2 Å². The van der Waals surface area contributed by atoms with E-state index >= 15 is 0 Å². The summed E-state index contributed by atoms with van der Waals surface area (Å²) in [5.74, 6) is 0.178. The Balaban J connectivity index is 1.22. The van der Waals surface area contributed by atoms with Gasteiger partial charge in [0.1, 0.15) is 11.8 Å². The molecule has 0 radical (unpaired) electrons. The highest BCUT2D eigenvalue weighted by Crippen LogP contribution is 2.31. The Bertz CT molecular complexity index is 1460. The Kier molecular flexibility index (Phi) is 6.33. The topological polar surface area (TPSA) is 92.7 Å². The molecule has 0 saturated carbocycles. The van der Waals surface area contributed by atoms with Crippen LogP contribution in [0.25, 0.3) is 21.8 Å². The first-order valence-electron chi connectivity index (χ1n) is 12.0. The second-order valence-corrected chi connectivity index (χ2v) is 8.85. The van der Waals surface area contributed by atoms with Gasteiger partial charge in [-0.1, -0.05) is 30.3 Å². The molecule has 1 aliphatic heterocycles. The Labute approximate surface area is 208 Å². The first-order chi connectivity index (χ1) is 17.5. The zero-order valence-corrected chi connectivity index (χ0v) is 20.3. The number of imide groups is 1. The van der Waals surface area contributed by atoms with Crippen molar-refractivity contribution in [2.75, 3.05) is 12.4 Å². The maximum absolute atomic E-state index is 12.8. The van der Waals surface area contributed by atoms with Crippen molar-refractivity contribution in [3.8, 4) is 5.75 Å². The van der Waals surface area contributed by atoms with Gasteiger partial charge in [-0.25, -0.2) is 4.79 Å². The summed E-state index contributed by atoms with van der Waals surface area (Å²) in [5.41, 5.74) is 3.80. The number of carbonyl (C=O) groups is 3. The first-order valence-corrected chi connectivity index (χ1v) is 12.0. The highest BCUT2D eigenvalue weighted by Gasteiger charge is 2.37. The van der Waals surface area contributed by atoms with Gasteiger partial charge in [0, 0.05) is 40.5 Å². The van der Waals surface area contributed by atoms with Crippen LogP contribution in [0.1, 0.15) is 25.3 Å². The average molecular weight is 485 g/mol. The lowest BCUT2D eigenvalue weighted by atomic mass is 10.1. The largest absolute Gasteiger partial charge is 0.497 e. The standard InChI is InChI=1S/C28H28N4O4/c1-3-31-24-7-5-4-6-21(24)22-16-19(10-14-25(22)31)29-26(33)15-13-23-27(34)32(28(35)30-23)17-18-8-11-20(36-2)12-9-18/h4-12,14,16,23H,3,13,15,17H2,1-2H3,(H,29,33)(H,30,35). The van der Waals surface area contributed by atoms with Crippen LogP contribution in [0.3, 0.4) is 0 Å². The monoisotopic (exact) mass is 484 g/mol. The van der Waals surface area contributed by atoms with E-state index in [4.69, 9.17) is 4.74 Å². The van der Waals surface area contributed by atoms with Gasteiger partial charge < -0.3 is 19.9 Å². The molecule has 1 fully saturated rings. The second-order valence-electron chi connectivity index (χ2n) is 8.85. The molecule has 184 valence electrons. The van der Waals surface area contributed by atoms with Crippen LogP contribution in [0.5, 0.6) is 5.75 Å². The number of nitrogens with zero attached hydrogens (tertiary/aromatic N) is 2. The molecule has 3 aromatic carbocycles. The van der Waals surface area contributed by atoms with E-state index < -0.39 is 12.1 Å². The van der Waals surface area contributed by atoms with E-state index in [0.717, 1.165) is 33.9 Å². The van der Waals surface area contributed by atoms with Gasteiger partial charge in [0.25, 0.3) is 5.91 Å². The molecule has 8 heteroatoms. The summed E-state index contributed by atoms with van der Waals surface area (Å²) in [4.78, 5) is 39.1. The maximum atomic E-state index is 12.8. The predicted octanol–water partition coefficient (Wildman–Crippen LogP) is 4.66. The number of carbonyl (C=O) groups excluding carboxylic acids is 3. The van der Waals surface area contributed by atoms with E-state index in [0.29, 0.717) is 11.4 Å². The molecule has 1 saturated heterocycles. The fourth-order valence-corrected chi connectivity index (χ4v) is 4.81. The molecule has 0 bridgehead atoms. The fourth-order valence-electron chi connectivity index (χ4n) is 4.81. The van der Waals surface area contributed by atoms with Crippen molar-refractivity contribution in [2.24, 2.45) is 0 Å². The van der Waals surface area contributed by atoms with Gasteiger partial charge in [0.05, 0.1) is 13.7 Å². The first kappa shape index (κ1) is 23.4. The number of rotatable bonds is 8. The van der Waals surface area contributed by atoms with Crippen LogP contribution >= 0.6 is 0 Å². The molecule has 4 amide bonds. The number of aromatic nitrogens is 1. The highest BCUT2D eigenvalue weighted by atomic mass is 16.5. The molecule has 8 nitrogen and oxygen atoms in total. The summed E-state index contributed by atoms with van der Waals surface area (Å²) < 4.78 is 7.40. The van der Waals surface area contributed by atoms with Gasteiger partial charge in [-0.05, 0) is 55.3 Å². The lowest BCUT2D eigenvalue weighted by Gasteiger charge is -2.13. The smallest absolute Gasteiger partial charge is 0.325 e. The molecule has 0 spiro atoms. The highest BCUT2D eigenvalue weighted by molar-refractivity contribution is 6.10. The van der Waals surface area contributed by atoms with Gasteiger partial charge in [-0.3, -0.25) is 14.5 Å². The van der Waals surface area contributed by atoms with Crippen LogP contribution in [0.2, 0.25) is 0 Å². The van der Waals surface area contributed by atoms with Gasteiger partial charge in [0.15, 0.2) is 0 Å². The number of hydrogen-bond acceptors (Lipinski definition) is 4. The van der Waals surface area contributed by atoms with Gasteiger partial charge in [-0.15, -0.1) is 0 Å². The molecule has 4 aromatic rings. The van der Waals surface area contributed by atoms with Crippen LogP contribution in [0.15, 0.2) is 66.7 Å². The number of aryl methyl sites for hydroxylation is 1. The minimum absolute atomic E-state index is 0.113. The lowest BCUT2D eigenvalue weighted by Crippen LogP contribution is -2.31. The number of fused-ring (bicyclic) bond motifs is 3. The minimum atomic E-state index is -0.716. The number of methoxy groups -OCH3 is 1. The lowest BCUT2D eigenvalue weighted by molar-refractivity contribution is -0.128. The molecule has 5 rings (SSSR count). The van der Waals surface area contributed by atoms with Gasteiger partial charge in [0.2, 0.25) is 5.91 Å². The summed E-state index contributed by atoms with van der Waals surface area (Å²) >= 11 is 0. The second kappa shape index (κ2) is 9.73. The predicted molar refractivity (Wildman–Crippen MR) is 139 cm³/mol. The van der Waals surface area contributed by atoms with Crippen molar-refractivity contribution in [2.45, 2.75) is 38.9 Å². The van der Waals surface area contributed by atoms with E-state index in [-0.39, 0.29) is 31.2 Å².